The number of hydrogen-bond acceptors (Lipinski definition) is 5. The second-order valence-corrected chi connectivity index (χ2v) is 7.83. The Morgan fingerprint density at radius 2 is 1.74 bits per heavy atom. The lowest BCUT2D eigenvalue weighted by molar-refractivity contribution is -0.142. The van der Waals surface area contributed by atoms with E-state index in [0.717, 1.165) is 0 Å². The third kappa shape index (κ3) is 7.35. The van der Waals surface area contributed by atoms with Gasteiger partial charge in [0.25, 0.3) is 0 Å². The van der Waals surface area contributed by atoms with E-state index in [4.69, 9.17) is 5.11 Å². The van der Waals surface area contributed by atoms with E-state index in [-0.39, 0.29) is 17.3 Å². The van der Waals surface area contributed by atoms with Crippen LogP contribution in [0, 0.1) is 5.92 Å². The summed E-state index contributed by atoms with van der Waals surface area (Å²) in [6.07, 6.45) is 1.07. The van der Waals surface area contributed by atoms with Crippen molar-refractivity contribution in [1.82, 2.24) is 10.0 Å². The molecule has 0 aliphatic carbocycles. The number of anilines is 1. The zero-order valence-corrected chi connectivity index (χ0v) is 16.3. The fraction of sp³-hybridized carbons (Fsp3) is 0.471. The second kappa shape index (κ2) is 10.0. The number of benzene rings is 1. The minimum absolute atomic E-state index is 0.0642. The van der Waals surface area contributed by atoms with Gasteiger partial charge < -0.3 is 15.7 Å². The summed E-state index contributed by atoms with van der Waals surface area (Å²) in [5.41, 5.74) is 0.447. The van der Waals surface area contributed by atoms with Gasteiger partial charge in [-0.3, -0.25) is 14.4 Å². The van der Waals surface area contributed by atoms with Crippen molar-refractivity contribution in [1.29, 1.82) is 0 Å². The number of aliphatic carboxylic acids is 1. The van der Waals surface area contributed by atoms with Crippen molar-refractivity contribution in [3.63, 3.8) is 0 Å². The normalized spacial score (nSPS) is 13.4. The van der Waals surface area contributed by atoms with Crippen molar-refractivity contribution >= 4 is 33.5 Å². The van der Waals surface area contributed by atoms with Gasteiger partial charge in [-0.15, -0.1) is 0 Å². The Morgan fingerprint density at radius 3 is 2.22 bits per heavy atom. The van der Waals surface area contributed by atoms with E-state index in [9.17, 15) is 22.8 Å². The quantitative estimate of drug-likeness (QED) is 0.461. The van der Waals surface area contributed by atoms with E-state index in [0.29, 0.717) is 18.5 Å². The van der Waals surface area contributed by atoms with Crippen molar-refractivity contribution in [2.75, 3.05) is 11.9 Å². The summed E-state index contributed by atoms with van der Waals surface area (Å²) in [5, 5.41) is 14.1. The van der Waals surface area contributed by atoms with E-state index >= 15 is 0 Å². The Labute approximate surface area is 158 Å². The lowest BCUT2D eigenvalue weighted by Gasteiger charge is -2.17. The first-order valence-electron chi connectivity index (χ1n) is 8.47. The molecular weight excluding hydrogens is 374 g/mol. The Hall–Kier alpha value is -2.46. The number of carboxylic acids is 1. The first kappa shape index (κ1) is 22.6. The molecule has 0 saturated carbocycles. The van der Waals surface area contributed by atoms with E-state index < -0.39 is 33.9 Å². The topological polar surface area (TPSA) is 142 Å². The van der Waals surface area contributed by atoms with Crippen molar-refractivity contribution in [3.05, 3.63) is 24.3 Å². The van der Waals surface area contributed by atoms with Crippen LogP contribution in [-0.4, -0.2) is 43.9 Å². The van der Waals surface area contributed by atoms with Gasteiger partial charge in [0.05, 0.1) is 16.9 Å². The van der Waals surface area contributed by atoms with Gasteiger partial charge in [-0.1, -0.05) is 13.3 Å². The zero-order valence-electron chi connectivity index (χ0n) is 15.5. The van der Waals surface area contributed by atoms with Gasteiger partial charge in [-0.2, -0.15) is 4.72 Å². The third-order valence-corrected chi connectivity index (χ3v) is 5.28. The number of nitrogens with one attached hydrogen (secondary N) is 3. The molecule has 2 amide bonds. The fourth-order valence-corrected chi connectivity index (χ4v) is 3.52. The van der Waals surface area contributed by atoms with Gasteiger partial charge in [0.2, 0.25) is 21.8 Å². The van der Waals surface area contributed by atoms with Crippen LogP contribution in [0.3, 0.4) is 0 Å². The van der Waals surface area contributed by atoms with Gasteiger partial charge in [0, 0.05) is 19.2 Å². The molecule has 0 radical (unpaired) electrons. The van der Waals surface area contributed by atoms with Crippen LogP contribution in [-0.2, 0) is 24.4 Å². The fourth-order valence-electron chi connectivity index (χ4n) is 2.31. The third-order valence-electron chi connectivity index (χ3n) is 3.72. The molecule has 27 heavy (non-hydrogen) atoms. The van der Waals surface area contributed by atoms with Crippen LogP contribution in [0.5, 0.6) is 0 Å². The predicted molar refractivity (Wildman–Crippen MR) is 99.6 cm³/mol. The first-order chi connectivity index (χ1) is 12.6. The van der Waals surface area contributed by atoms with Crippen molar-refractivity contribution in [3.8, 4) is 0 Å². The molecule has 150 valence electrons. The van der Waals surface area contributed by atoms with Crippen LogP contribution < -0.4 is 15.4 Å². The molecule has 10 heteroatoms. The molecule has 9 nitrogen and oxygen atoms in total. The summed E-state index contributed by atoms with van der Waals surface area (Å²) in [5.74, 6) is -2.62. The molecule has 0 heterocycles. The highest BCUT2D eigenvalue weighted by atomic mass is 32.2. The van der Waals surface area contributed by atoms with E-state index in [2.05, 4.69) is 15.4 Å². The maximum Gasteiger partial charge on any atom is 0.308 e. The maximum atomic E-state index is 12.4. The first-order valence-corrected chi connectivity index (χ1v) is 9.95. The van der Waals surface area contributed by atoms with E-state index in [1.165, 1.54) is 38.1 Å². The van der Waals surface area contributed by atoms with Crippen LogP contribution in [0.4, 0.5) is 5.69 Å². The van der Waals surface area contributed by atoms with Gasteiger partial charge >= 0.3 is 5.97 Å². The Morgan fingerprint density at radius 1 is 1.15 bits per heavy atom. The number of carbonyl (C=O) groups is 3. The summed E-state index contributed by atoms with van der Waals surface area (Å²) < 4.78 is 27.0. The monoisotopic (exact) mass is 399 g/mol. The highest BCUT2D eigenvalue weighted by molar-refractivity contribution is 7.89. The highest BCUT2D eigenvalue weighted by Crippen LogP contribution is 2.14. The van der Waals surface area contributed by atoms with Crippen LogP contribution in [0.15, 0.2) is 29.2 Å². The summed E-state index contributed by atoms with van der Waals surface area (Å²) in [6.45, 7) is 4.47. The molecule has 0 aliphatic heterocycles. The summed E-state index contributed by atoms with van der Waals surface area (Å²) in [6, 6.07) is 4.40. The lowest BCUT2D eigenvalue weighted by Crippen LogP contribution is -2.46. The number of sulfonamides is 1. The standard InChI is InChI=1S/C17H25N3O6S/c1-4-5-13(17(23)24)10-18-16(22)11(2)20-27(25,26)15-8-6-14(7-9-15)19-12(3)21/h6-9,11,13,20H,4-5,10H2,1-3H3,(H,18,22)(H,19,21)(H,23,24). The lowest BCUT2D eigenvalue weighted by atomic mass is 10.0. The molecule has 0 aliphatic rings. The van der Waals surface area contributed by atoms with Crippen molar-refractivity contribution < 1.29 is 27.9 Å². The molecule has 0 fully saturated rings. The molecular formula is C17H25N3O6S. The minimum Gasteiger partial charge on any atom is -0.481 e. The molecule has 0 aromatic heterocycles. The molecule has 0 bridgehead atoms. The SMILES string of the molecule is CCCC(CNC(=O)C(C)NS(=O)(=O)c1ccc(NC(C)=O)cc1)C(=O)O. The molecule has 4 N–H and O–H groups in total. The molecule has 1 rings (SSSR count). The van der Waals surface area contributed by atoms with Crippen LogP contribution >= 0.6 is 0 Å². The van der Waals surface area contributed by atoms with Crippen molar-refractivity contribution in [2.45, 2.75) is 44.6 Å². The summed E-state index contributed by atoms with van der Waals surface area (Å²) in [4.78, 5) is 34.1. The average Bonchev–Trinajstić information content (AvgIpc) is 2.57. The van der Waals surface area contributed by atoms with Crippen LogP contribution in [0.2, 0.25) is 0 Å². The number of carboxylic acid groups (broad SMARTS) is 1. The average molecular weight is 399 g/mol. The highest BCUT2D eigenvalue weighted by Gasteiger charge is 2.24. The number of carbonyl (C=O) groups excluding carboxylic acids is 2. The predicted octanol–water partition coefficient (Wildman–Crippen LogP) is 0.929. The van der Waals surface area contributed by atoms with Crippen LogP contribution in [0.1, 0.15) is 33.6 Å². The van der Waals surface area contributed by atoms with Gasteiger partial charge in [0.1, 0.15) is 0 Å². The molecule has 2 atom stereocenters. The summed E-state index contributed by atoms with van der Waals surface area (Å²) >= 11 is 0. The number of amides is 2. The minimum atomic E-state index is -3.95. The molecule has 1 aromatic rings. The maximum absolute atomic E-state index is 12.4. The smallest absolute Gasteiger partial charge is 0.308 e. The van der Waals surface area contributed by atoms with E-state index in [1.807, 2.05) is 6.92 Å². The zero-order chi connectivity index (χ0) is 20.6. The molecule has 0 saturated heterocycles. The second-order valence-electron chi connectivity index (χ2n) is 6.12. The number of hydrogen-bond donors (Lipinski definition) is 4. The number of rotatable bonds is 10. The van der Waals surface area contributed by atoms with Gasteiger partial charge in [-0.05, 0) is 37.6 Å². The molecule has 2 unspecified atom stereocenters. The molecule has 0 spiro atoms. The summed E-state index contributed by atoms with van der Waals surface area (Å²) in [7, 11) is -3.95. The Bertz CT molecular complexity index is 776. The van der Waals surface area contributed by atoms with Gasteiger partial charge in [0.15, 0.2) is 0 Å². The van der Waals surface area contributed by atoms with Crippen LogP contribution in [0.25, 0.3) is 0 Å². The molecule has 1 aromatic carbocycles. The Kier molecular flexibility index (Phi) is 8.38. The van der Waals surface area contributed by atoms with E-state index in [1.54, 1.807) is 0 Å². The largest absolute Gasteiger partial charge is 0.481 e. The van der Waals surface area contributed by atoms with Gasteiger partial charge in [-0.25, -0.2) is 8.42 Å². The Balaban J connectivity index is 2.70. The van der Waals surface area contributed by atoms with Crippen molar-refractivity contribution in [2.24, 2.45) is 5.92 Å².